The molecule has 4 heteroatoms. The highest BCUT2D eigenvalue weighted by atomic mass is 16.3. The molecule has 0 radical (unpaired) electrons. The first-order valence-corrected chi connectivity index (χ1v) is 6.75. The summed E-state index contributed by atoms with van der Waals surface area (Å²) in [6.45, 7) is 4.17. The van der Waals surface area contributed by atoms with E-state index < -0.39 is 0 Å². The number of amides is 1. The third-order valence-electron chi connectivity index (χ3n) is 4.01. The lowest BCUT2D eigenvalue weighted by atomic mass is 9.97. The molecule has 2 fully saturated rings. The Labute approximate surface area is 103 Å². The summed E-state index contributed by atoms with van der Waals surface area (Å²) in [5, 5.41) is 9.70. The number of aliphatic hydroxyl groups is 1. The van der Waals surface area contributed by atoms with Crippen molar-refractivity contribution in [3.05, 3.63) is 0 Å². The van der Waals surface area contributed by atoms with E-state index in [1.54, 1.807) is 0 Å². The standard InChI is InChI=1S/C13H24N2O2/c1-8(2)5-12(14)13(17)15-9-3-4-10(15)7-11(16)6-9/h8-12,16H,3-7,14H2,1-2H3. The van der Waals surface area contributed by atoms with Gasteiger partial charge in [0.1, 0.15) is 0 Å². The van der Waals surface area contributed by atoms with Gasteiger partial charge in [0.15, 0.2) is 0 Å². The van der Waals surface area contributed by atoms with Crippen LogP contribution in [0.3, 0.4) is 0 Å². The highest BCUT2D eigenvalue weighted by Gasteiger charge is 2.43. The first kappa shape index (κ1) is 12.8. The minimum absolute atomic E-state index is 0.0955. The molecule has 0 aromatic carbocycles. The molecule has 4 nitrogen and oxygen atoms in total. The summed E-state index contributed by atoms with van der Waals surface area (Å²) < 4.78 is 0. The highest BCUT2D eigenvalue weighted by Crippen LogP contribution is 2.36. The molecule has 0 aromatic rings. The molecule has 0 saturated carbocycles. The van der Waals surface area contributed by atoms with Crippen molar-refractivity contribution in [1.82, 2.24) is 4.90 Å². The minimum atomic E-state index is -0.367. The molecule has 0 aliphatic carbocycles. The summed E-state index contributed by atoms with van der Waals surface area (Å²) >= 11 is 0. The fourth-order valence-corrected chi connectivity index (χ4v) is 3.31. The van der Waals surface area contributed by atoms with Gasteiger partial charge in [-0.05, 0) is 38.0 Å². The van der Waals surface area contributed by atoms with Gasteiger partial charge >= 0.3 is 0 Å². The van der Waals surface area contributed by atoms with Crippen molar-refractivity contribution in [3.8, 4) is 0 Å². The number of hydrogen-bond donors (Lipinski definition) is 2. The fourth-order valence-electron chi connectivity index (χ4n) is 3.31. The number of carbonyl (C=O) groups excluding carboxylic acids is 1. The summed E-state index contributed by atoms with van der Waals surface area (Å²) in [5.74, 6) is 0.542. The molecule has 2 aliphatic rings. The molecule has 3 N–H and O–H groups in total. The Morgan fingerprint density at radius 1 is 1.35 bits per heavy atom. The lowest BCUT2D eigenvalue weighted by Crippen LogP contribution is -2.53. The number of nitrogens with zero attached hydrogens (tertiary/aromatic N) is 1. The summed E-state index contributed by atoms with van der Waals surface area (Å²) in [5.41, 5.74) is 5.98. The van der Waals surface area contributed by atoms with Crippen LogP contribution in [0.25, 0.3) is 0 Å². The van der Waals surface area contributed by atoms with Gasteiger partial charge < -0.3 is 15.7 Å². The maximum Gasteiger partial charge on any atom is 0.239 e. The van der Waals surface area contributed by atoms with E-state index in [2.05, 4.69) is 13.8 Å². The van der Waals surface area contributed by atoms with E-state index in [1.165, 1.54) is 0 Å². The number of nitrogens with two attached hydrogens (primary N) is 1. The summed E-state index contributed by atoms with van der Waals surface area (Å²) in [4.78, 5) is 14.3. The molecular formula is C13H24N2O2. The van der Waals surface area contributed by atoms with E-state index in [0.717, 1.165) is 32.1 Å². The Hall–Kier alpha value is -0.610. The Morgan fingerprint density at radius 3 is 2.35 bits per heavy atom. The van der Waals surface area contributed by atoms with Crippen molar-refractivity contribution in [2.24, 2.45) is 11.7 Å². The topological polar surface area (TPSA) is 66.6 Å². The smallest absolute Gasteiger partial charge is 0.239 e. The maximum atomic E-state index is 12.3. The predicted molar refractivity (Wildman–Crippen MR) is 66.3 cm³/mol. The van der Waals surface area contributed by atoms with Crippen LogP contribution in [0.4, 0.5) is 0 Å². The highest BCUT2D eigenvalue weighted by molar-refractivity contribution is 5.82. The first-order chi connectivity index (χ1) is 7.99. The van der Waals surface area contributed by atoms with Gasteiger partial charge in [0.2, 0.25) is 5.91 Å². The van der Waals surface area contributed by atoms with Gasteiger partial charge in [-0.15, -0.1) is 0 Å². The molecule has 0 aromatic heterocycles. The van der Waals surface area contributed by atoms with Crippen LogP contribution in [0.2, 0.25) is 0 Å². The number of carbonyl (C=O) groups is 1. The third kappa shape index (κ3) is 2.63. The van der Waals surface area contributed by atoms with Crippen LogP contribution in [0, 0.1) is 5.92 Å². The Morgan fingerprint density at radius 2 is 1.88 bits per heavy atom. The Bertz CT molecular complexity index is 279. The SMILES string of the molecule is CC(C)CC(N)C(=O)N1C2CCC1CC(O)C2. The second kappa shape index (κ2) is 4.94. The van der Waals surface area contributed by atoms with E-state index >= 15 is 0 Å². The Kier molecular flexibility index (Phi) is 3.73. The van der Waals surface area contributed by atoms with Gasteiger partial charge in [0.25, 0.3) is 0 Å². The molecule has 2 saturated heterocycles. The van der Waals surface area contributed by atoms with Crippen LogP contribution in [0.1, 0.15) is 46.0 Å². The lowest BCUT2D eigenvalue weighted by molar-refractivity contribution is -0.139. The summed E-state index contributed by atoms with van der Waals surface area (Å²) in [6.07, 6.45) is 4.05. The van der Waals surface area contributed by atoms with Crippen molar-refractivity contribution >= 4 is 5.91 Å². The molecule has 17 heavy (non-hydrogen) atoms. The third-order valence-corrected chi connectivity index (χ3v) is 4.01. The monoisotopic (exact) mass is 240 g/mol. The van der Waals surface area contributed by atoms with E-state index in [1.807, 2.05) is 4.90 Å². The summed E-state index contributed by atoms with van der Waals surface area (Å²) in [6, 6.07) is 0.0947. The van der Waals surface area contributed by atoms with Crippen LogP contribution < -0.4 is 5.73 Å². The summed E-state index contributed by atoms with van der Waals surface area (Å²) in [7, 11) is 0. The van der Waals surface area contributed by atoms with Crippen LogP contribution in [-0.2, 0) is 4.79 Å². The molecule has 2 aliphatic heterocycles. The van der Waals surface area contributed by atoms with E-state index in [0.29, 0.717) is 5.92 Å². The van der Waals surface area contributed by atoms with Crippen molar-refractivity contribution in [1.29, 1.82) is 0 Å². The van der Waals surface area contributed by atoms with Gasteiger partial charge in [-0.25, -0.2) is 0 Å². The van der Waals surface area contributed by atoms with Crippen LogP contribution in [0.15, 0.2) is 0 Å². The number of rotatable bonds is 3. The Balaban J connectivity index is 2.01. The molecular weight excluding hydrogens is 216 g/mol. The lowest BCUT2D eigenvalue weighted by Gasteiger charge is -2.38. The van der Waals surface area contributed by atoms with Gasteiger partial charge in [0.05, 0.1) is 12.1 Å². The maximum absolute atomic E-state index is 12.3. The van der Waals surface area contributed by atoms with Crippen LogP contribution >= 0.6 is 0 Å². The quantitative estimate of drug-likeness (QED) is 0.769. The van der Waals surface area contributed by atoms with E-state index in [-0.39, 0.29) is 30.1 Å². The number of hydrogen-bond acceptors (Lipinski definition) is 3. The fraction of sp³-hybridized carbons (Fsp3) is 0.923. The van der Waals surface area contributed by atoms with E-state index in [9.17, 15) is 9.90 Å². The average molecular weight is 240 g/mol. The number of fused-ring (bicyclic) bond motifs is 2. The van der Waals surface area contributed by atoms with Crippen molar-refractivity contribution in [3.63, 3.8) is 0 Å². The average Bonchev–Trinajstić information content (AvgIpc) is 2.49. The second-order valence-corrected chi connectivity index (χ2v) is 5.99. The molecule has 2 bridgehead atoms. The van der Waals surface area contributed by atoms with E-state index in [4.69, 9.17) is 5.73 Å². The van der Waals surface area contributed by atoms with Gasteiger partial charge in [0, 0.05) is 12.1 Å². The number of aliphatic hydroxyl groups excluding tert-OH is 1. The first-order valence-electron chi connectivity index (χ1n) is 6.75. The molecule has 2 heterocycles. The van der Waals surface area contributed by atoms with Gasteiger partial charge in [-0.1, -0.05) is 13.8 Å². The predicted octanol–water partition coefficient (Wildman–Crippen LogP) is 0.874. The van der Waals surface area contributed by atoms with Crippen molar-refractivity contribution in [2.45, 2.75) is 70.2 Å². The minimum Gasteiger partial charge on any atom is -0.393 e. The van der Waals surface area contributed by atoms with Crippen molar-refractivity contribution < 1.29 is 9.90 Å². The largest absolute Gasteiger partial charge is 0.393 e. The molecule has 1 amide bonds. The molecule has 2 rings (SSSR count). The van der Waals surface area contributed by atoms with Gasteiger partial charge in [-0.3, -0.25) is 4.79 Å². The zero-order chi connectivity index (χ0) is 12.6. The van der Waals surface area contributed by atoms with Crippen molar-refractivity contribution in [2.75, 3.05) is 0 Å². The molecule has 98 valence electrons. The second-order valence-electron chi connectivity index (χ2n) is 5.99. The zero-order valence-electron chi connectivity index (χ0n) is 10.8. The number of piperidine rings is 1. The molecule has 3 unspecified atom stereocenters. The van der Waals surface area contributed by atoms with Crippen LogP contribution in [0.5, 0.6) is 0 Å². The normalized spacial score (nSPS) is 34.2. The molecule has 3 atom stereocenters. The zero-order valence-corrected chi connectivity index (χ0v) is 10.8. The molecule has 0 spiro atoms. The van der Waals surface area contributed by atoms with Crippen LogP contribution in [-0.4, -0.2) is 40.1 Å². The van der Waals surface area contributed by atoms with Gasteiger partial charge in [-0.2, -0.15) is 0 Å².